The molecule has 1 aliphatic rings. The van der Waals surface area contributed by atoms with E-state index in [1.807, 2.05) is 12.3 Å². The lowest BCUT2D eigenvalue weighted by molar-refractivity contribution is 0.307. The van der Waals surface area contributed by atoms with E-state index in [2.05, 4.69) is 58.6 Å². The van der Waals surface area contributed by atoms with Crippen molar-refractivity contribution in [2.45, 2.75) is 18.8 Å². The summed E-state index contributed by atoms with van der Waals surface area (Å²) >= 11 is 0. The van der Waals surface area contributed by atoms with Crippen molar-refractivity contribution < 1.29 is 0 Å². The van der Waals surface area contributed by atoms with Crippen LogP contribution in [0.1, 0.15) is 23.6 Å². The van der Waals surface area contributed by atoms with E-state index in [0.717, 1.165) is 26.1 Å². The fraction of sp³-hybridized carbons (Fsp3) is 0.389. The standard InChI is InChI=1S/C18H23N3/c1-21(13-10-16-6-4-5-11-19-16)14-15-9-12-20-18-8-3-2-7-17(15)18/h2-8,11,15,20H,9-10,12-14H2,1H3. The van der Waals surface area contributed by atoms with Crippen LogP contribution in [0.4, 0.5) is 5.69 Å². The summed E-state index contributed by atoms with van der Waals surface area (Å²) in [5.41, 5.74) is 3.95. The Kier molecular flexibility index (Phi) is 4.51. The summed E-state index contributed by atoms with van der Waals surface area (Å²) in [6, 6.07) is 14.8. The molecule has 0 aliphatic carbocycles. The first kappa shape index (κ1) is 14.1. The van der Waals surface area contributed by atoms with E-state index in [-0.39, 0.29) is 0 Å². The summed E-state index contributed by atoms with van der Waals surface area (Å²) in [5, 5.41) is 3.50. The topological polar surface area (TPSA) is 28.2 Å². The molecule has 0 bridgehead atoms. The van der Waals surface area contributed by atoms with Crippen LogP contribution in [0.2, 0.25) is 0 Å². The third kappa shape index (κ3) is 3.61. The zero-order valence-corrected chi connectivity index (χ0v) is 12.6. The highest BCUT2D eigenvalue weighted by molar-refractivity contribution is 5.54. The van der Waals surface area contributed by atoms with Crippen molar-refractivity contribution in [3.05, 3.63) is 59.9 Å². The molecule has 3 rings (SSSR count). The smallest absolute Gasteiger partial charge is 0.0416 e. The predicted octanol–water partition coefficient (Wildman–Crippen LogP) is 3.16. The Labute approximate surface area is 127 Å². The van der Waals surface area contributed by atoms with Gasteiger partial charge in [-0.15, -0.1) is 0 Å². The molecule has 3 nitrogen and oxygen atoms in total. The van der Waals surface area contributed by atoms with Crippen LogP contribution in [-0.2, 0) is 6.42 Å². The zero-order chi connectivity index (χ0) is 14.5. The van der Waals surface area contributed by atoms with E-state index in [4.69, 9.17) is 0 Å². The highest BCUT2D eigenvalue weighted by Crippen LogP contribution is 2.31. The van der Waals surface area contributed by atoms with E-state index < -0.39 is 0 Å². The van der Waals surface area contributed by atoms with Crippen molar-refractivity contribution in [2.75, 3.05) is 32.0 Å². The maximum Gasteiger partial charge on any atom is 0.0416 e. The molecule has 0 fully saturated rings. The zero-order valence-electron chi connectivity index (χ0n) is 12.6. The van der Waals surface area contributed by atoms with Crippen molar-refractivity contribution in [3.8, 4) is 0 Å². The predicted molar refractivity (Wildman–Crippen MR) is 87.7 cm³/mol. The number of rotatable bonds is 5. The quantitative estimate of drug-likeness (QED) is 0.912. The number of fused-ring (bicyclic) bond motifs is 1. The van der Waals surface area contributed by atoms with Crippen molar-refractivity contribution >= 4 is 5.69 Å². The molecule has 1 aromatic heterocycles. The van der Waals surface area contributed by atoms with Crippen LogP contribution in [0.25, 0.3) is 0 Å². The largest absolute Gasteiger partial charge is 0.385 e. The summed E-state index contributed by atoms with van der Waals surface area (Å²) in [5.74, 6) is 0.635. The number of hydrogen-bond donors (Lipinski definition) is 1. The van der Waals surface area contributed by atoms with Gasteiger partial charge < -0.3 is 10.2 Å². The normalized spacial score (nSPS) is 17.3. The van der Waals surface area contributed by atoms with Gasteiger partial charge in [-0.05, 0) is 37.2 Å². The van der Waals surface area contributed by atoms with Gasteiger partial charge in [0.1, 0.15) is 0 Å². The molecule has 1 aliphatic heterocycles. The lowest BCUT2D eigenvalue weighted by Gasteiger charge is -2.30. The van der Waals surface area contributed by atoms with Gasteiger partial charge in [0.25, 0.3) is 0 Å². The number of nitrogens with zero attached hydrogens (tertiary/aromatic N) is 2. The Balaban J connectivity index is 1.57. The highest BCUT2D eigenvalue weighted by atomic mass is 15.1. The number of likely N-dealkylation sites (N-methyl/N-ethyl adjacent to an activating group) is 1. The molecule has 2 heterocycles. The van der Waals surface area contributed by atoms with Crippen LogP contribution in [0.5, 0.6) is 0 Å². The molecular formula is C18H23N3. The van der Waals surface area contributed by atoms with E-state index in [1.54, 1.807) is 0 Å². The average molecular weight is 281 g/mol. The van der Waals surface area contributed by atoms with Gasteiger partial charge in [-0.2, -0.15) is 0 Å². The van der Waals surface area contributed by atoms with Crippen molar-refractivity contribution in [1.29, 1.82) is 0 Å². The summed E-state index contributed by atoms with van der Waals surface area (Å²) in [7, 11) is 2.22. The van der Waals surface area contributed by atoms with Gasteiger partial charge in [-0.25, -0.2) is 0 Å². The fourth-order valence-corrected chi connectivity index (χ4v) is 3.06. The second-order valence-corrected chi connectivity index (χ2v) is 5.83. The number of benzene rings is 1. The average Bonchev–Trinajstić information content (AvgIpc) is 2.54. The van der Waals surface area contributed by atoms with Gasteiger partial charge in [0, 0.05) is 49.6 Å². The molecule has 0 spiro atoms. The first-order valence-corrected chi connectivity index (χ1v) is 7.74. The monoisotopic (exact) mass is 281 g/mol. The van der Waals surface area contributed by atoms with Crippen LogP contribution in [0, 0.1) is 0 Å². The molecule has 1 atom stereocenters. The van der Waals surface area contributed by atoms with Gasteiger partial charge in [0.2, 0.25) is 0 Å². The number of nitrogens with one attached hydrogen (secondary N) is 1. The number of hydrogen-bond acceptors (Lipinski definition) is 3. The van der Waals surface area contributed by atoms with Crippen molar-refractivity contribution in [3.63, 3.8) is 0 Å². The van der Waals surface area contributed by atoms with E-state index in [0.29, 0.717) is 5.92 Å². The molecule has 0 radical (unpaired) electrons. The summed E-state index contributed by atoms with van der Waals surface area (Å²) < 4.78 is 0. The van der Waals surface area contributed by atoms with Crippen LogP contribution >= 0.6 is 0 Å². The molecule has 1 aromatic carbocycles. The minimum Gasteiger partial charge on any atom is -0.385 e. The lowest BCUT2D eigenvalue weighted by Crippen LogP contribution is -2.30. The molecule has 2 aromatic rings. The molecule has 0 saturated carbocycles. The number of para-hydroxylation sites is 1. The van der Waals surface area contributed by atoms with Crippen LogP contribution in [0.15, 0.2) is 48.7 Å². The van der Waals surface area contributed by atoms with Crippen molar-refractivity contribution in [1.82, 2.24) is 9.88 Å². The lowest BCUT2D eigenvalue weighted by atomic mass is 9.90. The molecule has 0 amide bonds. The molecule has 3 heteroatoms. The van der Waals surface area contributed by atoms with Crippen LogP contribution in [0.3, 0.4) is 0 Å². The Hall–Kier alpha value is -1.87. The summed E-state index contributed by atoms with van der Waals surface area (Å²) in [4.78, 5) is 6.83. The first-order valence-electron chi connectivity index (χ1n) is 7.74. The van der Waals surface area contributed by atoms with Gasteiger partial charge in [-0.3, -0.25) is 4.98 Å². The number of pyridine rings is 1. The summed E-state index contributed by atoms with van der Waals surface area (Å²) in [6.07, 6.45) is 4.10. The Morgan fingerprint density at radius 3 is 2.90 bits per heavy atom. The third-order valence-corrected chi connectivity index (χ3v) is 4.22. The number of aromatic nitrogens is 1. The summed E-state index contributed by atoms with van der Waals surface area (Å²) in [6.45, 7) is 3.25. The molecule has 21 heavy (non-hydrogen) atoms. The second kappa shape index (κ2) is 6.72. The Morgan fingerprint density at radius 1 is 1.19 bits per heavy atom. The molecule has 110 valence electrons. The molecular weight excluding hydrogens is 258 g/mol. The van der Waals surface area contributed by atoms with Gasteiger partial charge >= 0.3 is 0 Å². The molecule has 1 unspecified atom stereocenters. The Bertz CT molecular complexity index is 568. The third-order valence-electron chi connectivity index (χ3n) is 4.22. The molecule has 1 N–H and O–H groups in total. The fourth-order valence-electron chi connectivity index (χ4n) is 3.06. The maximum atomic E-state index is 4.40. The maximum absolute atomic E-state index is 4.40. The highest BCUT2D eigenvalue weighted by Gasteiger charge is 2.20. The van der Waals surface area contributed by atoms with Crippen molar-refractivity contribution in [2.24, 2.45) is 0 Å². The van der Waals surface area contributed by atoms with E-state index in [9.17, 15) is 0 Å². The first-order chi connectivity index (χ1) is 10.3. The van der Waals surface area contributed by atoms with Gasteiger partial charge in [-0.1, -0.05) is 24.3 Å². The SMILES string of the molecule is CN(CCc1ccccn1)CC1CCNc2ccccc21. The second-order valence-electron chi connectivity index (χ2n) is 5.83. The van der Waals surface area contributed by atoms with Gasteiger partial charge in [0.15, 0.2) is 0 Å². The molecule has 0 saturated heterocycles. The van der Waals surface area contributed by atoms with Crippen LogP contribution < -0.4 is 5.32 Å². The van der Waals surface area contributed by atoms with Gasteiger partial charge in [0.05, 0.1) is 0 Å². The van der Waals surface area contributed by atoms with E-state index in [1.165, 1.54) is 23.4 Å². The minimum absolute atomic E-state index is 0.635. The minimum atomic E-state index is 0.635. The number of anilines is 1. The van der Waals surface area contributed by atoms with Crippen LogP contribution in [-0.4, -0.2) is 36.6 Å². The van der Waals surface area contributed by atoms with E-state index >= 15 is 0 Å². The Morgan fingerprint density at radius 2 is 2.05 bits per heavy atom.